The van der Waals surface area contributed by atoms with E-state index in [-0.39, 0.29) is 11.7 Å². The number of nitrogens with zero attached hydrogens (tertiary/aromatic N) is 1. The predicted molar refractivity (Wildman–Crippen MR) is 51.5 cm³/mol. The van der Waals surface area contributed by atoms with Crippen LogP contribution in [-0.2, 0) is 4.79 Å². The Balaban J connectivity index is 2.34. The third-order valence-electron chi connectivity index (χ3n) is 2.49. The summed E-state index contributed by atoms with van der Waals surface area (Å²) in [6, 6.07) is 4.28. The average Bonchev–Trinajstić information content (AvgIpc) is 2.19. The Morgan fingerprint density at radius 2 is 2.29 bits per heavy atom. The molecule has 1 atom stereocenters. The summed E-state index contributed by atoms with van der Waals surface area (Å²) in [7, 11) is 0. The molecule has 1 unspecified atom stereocenters. The van der Waals surface area contributed by atoms with Gasteiger partial charge in [-0.25, -0.2) is 4.39 Å². The molecular formula is C10H11FN2O. The summed E-state index contributed by atoms with van der Waals surface area (Å²) < 4.78 is 13.2. The summed E-state index contributed by atoms with van der Waals surface area (Å²) in [4.78, 5) is 12.8. The molecule has 0 radical (unpaired) electrons. The SMILES string of the molecule is Cc1c(F)cccc1N1CC(N)C1=O. The second kappa shape index (κ2) is 3.06. The Morgan fingerprint density at radius 1 is 1.57 bits per heavy atom. The van der Waals surface area contributed by atoms with E-state index in [1.165, 1.54) is 11.0 Å². The highest BCUT2D eigenvalue weighted by molar-refractivity contribution is 6.04. The minimum absolute atomic E-state index is 0.140. The summed E-state index contributed by atoms with van der Waals surface area (Å²) in [6.45, 7) is 2.13. The second-order valence-corrected chi connectivity index (χ2v) is 3.44. The zero-order valence-corrected chi connectivity index (χ0v) is 7.83. The number of amides is 1. The van der Waals surface area contributed by atoms with Crippen LogP contribution in [-0.4, -0.2) is 18.5 Å². The zero-order chi connectivity index (χ0) is 10.3. The lowest BCUT2D eigenvalue weighted by molar-refractivity contribution is -0.123. The fourth-order valence-electron chi connectivity index (χ4n) is 1.56. The third-order valence-corrected chi connectivity index (χ3v) is 2.49. The first kappa shape index (κ1) is 9.15. The molecule has 1 aromatic carbocycles. The van der Waals surface area contributed by atoms with Gasteiger partial charge in [0, 0.05) is 11.3 Å². The first-order valence-electron chi connectivity index (χ1n) is 4.43. The number of hydrogen-bond acceptors (Lipinski definition) is 2. The molecule has 3 nitrogen and oxygen atoms in total. The van der Waals surface area contributed by atoms with E-state index in [0.717, 1.165) is 0 Å². The Morgan fingerprint density at radius 3 is 2.86 bits per heavy atom. The molecule has 1 heterocycles. The lowest BCUT2D eigenvalue weighted by Crippen LogP contribution is -2.61. The summed E-state index contributed by atoms with van der Waals surface area (Å²) in [5.41, 5.74) is 6.57. The maximum Gasteiger partial charge on any atom is 0.245 e. The number of carbonyl (C=O) groups excluding carboxylic acids is 1. The highest BCUT2D eigenvalue weighted by Gasteiger charge is 2.35. The number of hydrogen-bond donors (Lipinski definition) is 1. The van der Waals surface area contributed by atoms with Crippen LogP contribution in [0.4, 0.5) is 10.1 Å². The molecule has 1 aliphatic heterocycles. The van der Waals surface area contributed by atoms with E-state index in [4.69, 9.17) is 5.73 Å². The normalized spacial score (nSPS) is 20.9. The fourth-order valence-corrected chi connectivity index (χ4v) is 1.56. The van der Waals surface area contributed by atoms with Gasteiger partial charge in [0.05, 0.1) is 6.54 Å². The van der Waals surface area contributed by atoms with Gasteiger partial charge in [-0.1, -0.05) is 6.07 Å². The number of benzene rings is 1. The van der Waals surface area contributed by atoms with Crippen molar-refractivity contribution in [3.05, 3.63) is 29.6 Å². The molecule has 0 spiro atoms. The first-order valence-corrected chi connectivity index (χ1v) is 4.43. The molecule has 14 heavy (non-hydrogen) atoms. The summed E-state index contributed by atoms with van der Waals surface area (Å²) in [5.74, 6) is -0.436. The third kappa shape index (κ3) is 1.19. The van der Waals surface area contributed by atoms with E-state index in [0.29, 0.717) is 17.8 Å². The van der Waals surface area contributed by atoms with Crippen molar-refractivity contribution in [2.45, 2.75) is 13.0 Å². The minimum Gasteiger partial charge on any atom is -0.318 e. The van der Waals surface area contributed by atoms with Gasteiger partial charge in [0.15, 0.2) is 0 Å². The number of nitrogens with two attached hydrogens (primary N) is 1. The van der Waals surface area contributed by atoms with Gasteiger partial charge < -0.3 is 10.6 Å². The first-order chi connectivity index (χ1) is 6.61. The number of rotatable bonds is 1. The highest BCUT2D eigenvalue weighted by atomic mass is 19.1. The molecular weight excluding hydrogens is 183 g/mol. The van der Waals surface area contributed by atoms with Crippen LogP contribution in [0.1, 0.15) is 5.56 Å². The Kier molecular flexibility index (Phi) is 2.00. The number of halogens is 1. The Hall–Kier alpha value is -1.42. The van der Waals surface area contributed by atoms with Gasteiger partial charge >= 0.3 is 0 Å². The number of carbonyl (C=O) groups is 1. The van der Waals surface area contributed by atoms with E-state index < -0.39 is 6.04 Å². The summed E-state index contributed by atoms with van der Waals surface area (Å²) in [5, 5.41) is 0. The van der Waals surface area contributed by atoms with Gasteiger partial charge in [-0.05, 0) is 19.1 Å². The van der Waals surface area contributed by atoms with Crippen molar-refractivity contribution < 1.29 is 9.18 Å². The summed E-state index contributed by atoms with van der Waals surface area (Å²) >= 11 is 0. The fraction of sp³-hybridized carbons (Fsp3) is 0.300. The van der Waals surface area contributed by atoms with E-state index in [1.807, 2.05) is 0 Å². The van der Waals surface area contributed by atoms with E-state index >= 15 is 0 Å². The molecule has 1 saturated heterocycles. The van der Waals surface area contributed by atoms with E-state index in [9.17, 15) is 9.18 Å². The molecule has 0 aromatic heterocycles. The van der Waals surface area contributed by atoms with Crippen molar-refractivity contribution in [2.24, 2.45) is 5.73 Å². The van der Waals surface area contributed by atoms with Crippen molar-refractivity contribution in [1.29, 1.82) is 0 Å². The van der Waals surface area contributed by atoms with Crippen LogP contribution in [0.2, 0.25) is 0 Å². The molecule has 0 bridgehead atoms. The maximum atomic E-state index is 13.2. The average molecular weight is 194 g/mol. The maximum absolute atomic E-state index is 13.2. The summed E-state index contributed by atoms with van der Waals surface area (Å²) in [6.07, 6.45) is 0. The Bertz CT molecular complexity index is 392. The monoisotopic (exact) mass is 194 g/mol. The largest absolute Gasteiger partial charge is 0.318 e. The minimum atomic E-state index is -0.419. The van der Waals surface area contributed by atoms with Crippen LogP contribution < -0.4 is 10.6 Å². The van der Waals surface area contributed by atoms with Gasteiger partial charge in [0.2, 0.25) is 5.91 Å². The highest BCUT2D eigenvalue weighted by Crippen LogP contribution is 2.26. The standard InChI is InChI=1S/C10H11FN2O/c1-6-7(11)3-2-4-9(6)13-5-8(12)10(13)14/h2-4,8H,5,12H2,1H3. The number of anilines is 1. The van der Waals surface area contributed by atoms with Crippen LogP contribution in [0.3, 0.4) is 0 Å². The molecule has 74 valence electrons. The van der Waals surface area contributed by atoms with Crippen LogP contribution in [0.5, 0.6) is 0 Å². The van der Waals surface area contributed by atoms with Crippen molar-refractivity contribution in [3.63, 3.8) is 0 Å². The predicted octanol–water partition coefficient (Wildman–Crippen LogP) is 0.808. The molecule has 0 aliphatic carbocycles. The van der Waals surface area contributed by atoms with Crippen LogP contribution in [0, 0.1) is 12.7 Å². The van der Waals surface area contributed by atoms with Crippen LogP contribution in [0.15, 0.2) is 18.2 Å². The van der Waals surface area contributed by atoms with Crippen molar-refractivity contribution >= 4 is 11.6 Å². The van der Waals surface area contributed by atoms with Crippen LogP contribution in [0.25, 0.3) is 0 Å². The molecule has 1 amide bonds. The van der Waals surface area contributed by atoms with Gasteiger partial charge in [-0.15, -0.1) is 0 Å². The molecule has 2 N–H and O–H groups in total. The lowest BCUT2D eigenvalue weighted by Gasteiger charge is -2.37. The van der Waals surface area contributed by atoms with E-state index in [2.05, 4.69) is 0 Å². The Labute approximate surface area is 81.3 Å². The smallest absolute Gasteiger partial charge is 0.245 e. The van der Waals surface area contributed by atoms with E-state index in [1.54, 1.807) is 19.1 Å². The molecule has 1 aromatic rings. The molecule has 1 aliphatic rings. The molecule has 1 fully saturated rings. The van der Waals surface area contributed by atoms with Gasteiger partial charge in [-0.3, -0.25) is 4.79 Å². The van der Waals surface area contributed by atoms with Gasteiger partial charge in [-0.2, -0.15) is 0 Å². The van der Waals surface area contributed by atoms with Crippen molar-refractivity contribution in [2.75, 3.05) is 11.4 Å². The second-order valence-electron chi connectivity index (χ2n) is 3.44. The molecule has 4 heteroatoms. The quantitative estimate of drug-likeness (QED) is 0.672. The van der Waals surface area contributed by atoms with Crippen LogP contribution >= 0.6 is 0 Å². The molecule has 0 saturated carbocycles. The van der Waals surface area contributed by atoms with Gasteiger partial charge in [0.1, 0.15) is 11.9 Å². The number of β-lactam (4-membered cyclic amide) rings is 1. The van der Waals surface area contributed by atoms with Crippen molar-refractivity contribution in [3.8, 4) is 0 Å². The zero-order valence-electron chi connectivity index (χ0n) is 7.83. The lowest BCUT2D eigenvalue weighted by atomic mass is 10.0. The van der Waals surface area contributed by atoms with Crippen molar-refractivity contribution in [1.82, 2.24) is 0 Å². The van der Waals surface area contributed by atoms with Gasteiger partial charge in [0.25, 0.3) is 0 Å². The topological polar surface area (TPSA) is 46.3 Å². The molecule has 2 rings (SSSR count).